The van der Waals surface area contributed by atoms with E-state index in [1.54, 1.807) is 21.0 Å². The zero-order chi connectivity index (χ0) is 10.3. The maximum absolute atomic E-state index is 11.3. The Balaban J connectivity index is 3.50. The lowest BCUT2D eigenvalue weighted by atomic mass is 10.3. The van der Waals surface area contributed by atoms with Crippen molar-refractivity contribution in [2.45, 2.75) is 20.0 Å². The summed E-state index contributed by atoms with van der Waals surface area (Å²) >= 11 is 0. The molecule has 0 bridgehead atoms. The number of hydrogen-bond acceptors (Lipinski definition) is 3. The first-order valence-electron chi connectivity index (χ1n) is 4.50. The van der Waals surface area contributed by atoms with Crippen LogP contribution in [0, 0.1) is 0 Å². The molecule has 0 aliphatic heterocycles. The first-order valence-corrected chi connectivity index (χ1v) is 4.50. The fourth-order valence-corrected chi connectivity index (χ4v) is 0.863. The molecule has 0 radical (unpaired) electrons. The minimum absolute atomic E-state index is 0.0171. The Bertz CT molecular complexity index is 148. The van der Waals surface area contributed by atoms with Crippen molar-refractivity contribution >= 4 is 5.91 Å². The number of ether oxygens (including phenoxy) is 2. The van der Waals surface area contributed by atoms with Crippen LogP contribution in [0.5, 0.6) is 0 Å². The Hall–Kier alpha value is -0.610. The van der Waals surface area contributed by atoms with Crippen molar-refractivity contribution in [2.24, 2.45) is 0 Å². The predicted octanol–water partition coefficient (Wildman–Crippen LogP) is 0.516. The molecule has 1 amide bonds. The third kappa shape index (κ3) is 5.60. The van der Waals surface area contributed by atoms with Crippen molar-refractivity contribution in [3.8, 4) is 0 Å². The van der Waals surface area contributed by atoms with Crippen LogP contribution in [0.1, 0.15) is 13.8 Å². The molecule has 0 aromatic rings. The summed E-state index contributed by atoms with van der Waals surface area (Å²) < 4.78 is 10.3. The van der Waals surface area contributed by atoms with Crippen molar-refractivity contribution in [3.05, 3.63) is 0 Å². The summed E-state index contributed by atoms with van der Waals surface area (Å²) in [5, 5.41) is 0. The number of rotatable bonds is 6. The highest BCUT2D eigenvalue weighted by Crippen LogP contribution is 1.94. The monoisotopic (exact) mass is 189 g/mol. The van der Waals surface area contributed by atoms with Crippen LogP contribution in [-0.2, 0) is 14.3 Å². The number of hydrogen-bond donors (Lipinski definition) is 0. The zero-order valence-electron chi connectivity index (χ0n) is 8.87. The lowest BCUT2D eigenvalue weighted by Crippen LogP contribution is -2.34. The maximum Gasteiger partial charge on any atom is 0.250 e. The van der Waals surface area contributed by atoms with Gasteiger partial charge in [-0.15, -0.1) is 0 Å². The van der Waals surface area contributed by atoms with Crippen LogP contribution < -0.4 is 0 Å². The quantitative estimate of drug-likeness (QED) is 0.572. The molecule has 0 saturated heterocycles. The first-order chi connectivity index (χ1) is 6.09. The van der Waals surface area contributed by atoms with E-state index >= 15 is 0 Å². The minimum Gasteiger partial charge on any atom is -0.379 e. The smallest absolute Gasteiger partial charge is 0.250 e. The third-order valence-electron chi connectivity index (χ3n) is 1.59. The summed E-state index contributed by atoms with van der Waals surface area (Å²) in [6.07, 6.45) is -0.379. The summed E-state index contributed by atoms with van der Waals surface area (Å²) in [6.45, 7) is 5.36. The van der Waals surface area contributed by atoms with Gasteiger partial charge in [0.1, 0.15) is 6.10 Å². The van der Waals surface area contributed by atoms with Gasteiger partial charge >= 0.3 is 0 Å². The highest BCUT2D eigenvalue weighted by atomic mass is 16.5. The van der Waals surface area contributed by atoms with E-state index in [0.717, 1.165) is 0 Å². The Labute approximate surface area is 79.8 Å². The first kappa shape index (κ1) is 12.4. The number of amides is 1. The van der Waals surface area contributed by atoms with Gasteiger partial charge in [0.2, 0.25) is 0 Å². The van der Waals surface area contributed by atoms with E-state index in [4.69, 9.17) is 9.47 Å². The highest BCUT2D eigenvalue weighted by molar-refractivity contribution is 5.79. The SMILES string of the molecule is CCOCCO[C@H](C)C(=O)N(C)C. The molecule has 1 atom stereocenters. The average Bonchev–Trinajstić information content (AvgIpc) is 2.10. The maximum atomic E-state index is 11.3. The van der Waals surface area contributed by atoms with E-state index in [1.807, 2.05) is 6.92 Å². The summed E-state index contributed by atoms with van der Waals surface area (Å²) in [5.74, 6) is -0.0171. The Kier molecular flexibility index (Phi) is 6.54. The largest absolute Gasteiger partial charge is 0.379 e. The van der Waals surface area contributed by atoms with Gasteiger partial charge in [-0.05, 0) is 13.8 Å². The van der Waals surface area contributed by atoms with E-state index in [9.17, 15) is 4.79 Å². The Morgan fingerprint density at radius 3 is 2.46 bits per heavy atom. The van der Waals surface area contributed by atoms with Crippen molar-refractivity contribution in [1.29, 1.82) is 0 Å². The lowest BCUT2D eigenvalue weighted by Gasteiger charge is -2.17. The van der Waals surface area contributed by atoms with Crippen molar-refractivity contribution in [3.63, 3.8) is 0 Å². The van der Waals surface area contributed by atoms with E-state index in [2.05, 4.69) is 0 Å². The fraction of sp³-hybridized carbons (Fsp3) is 0.889. The summed E-state index contributed by atoms with van der Waals surface area (Å²) in [5.41, 5.74) is 0. The topological polar surface area (TPSA) is 38.8 Å². The van der Waals surface area contributed by atoms with E-state index in [-0.39, 0.29) is 12.0 Å². The van der Waals surface area contributed by atoms with Gasteiger partial charge in [-0.25, -0.2) is 0 Å². The van der Waals surface area contributed by atoms with Crippen LogP contribution in [0.4, 0.5) is 0 Å². The second-order valence-electron chi connectivity index (χ2n) is 2.94. The standard InChI is InChI=1S/C9H19NO3/c1-5-12-6-7-13-8(2)9(11)10(3)4/h8H,5-7H2,1-4H3/t8-/m1/s1. The van der Waals surface area contributed by atoms with Crippen LogP contribution in [0.15, 0.2) is 0 Å². The number of carbonyl (C=O) groups is 1. The molecule has 0 N–H and O–H groups in total. The van der Waals surface area contributed by atoms with Crippen LogP contribution in [0.2, 0.25) is 0 Å². The summed E-state index contributed by atoms with van der Waals surface area (Å²) in [4.78, 5) is 12.8. The number of nitrogens with zero attached hydrogens (tertiary/aromatic N) is 1. The highest BCUT2D eigenvalue weighted by Gasteiger charge is 2.14. The van der Waals surface area contributed by atoms with Gasteiger partial charge in [0, 0.05) is 20.7 Å². The molecule has 0 aromatic carbocycles. The van der Waals surface area contributed by atoms with Crippen molar-refractivity contribution in [1.82, 2.24) is 4.90 Å². The molecule has 0 fully saturated rings. The third-order valence-corrected chi connectivity index (χ3v) is 1.59. The van der Waals surface area contributed by atoms with Crippen molar-refractivity contribution < 1.29 is 14.3 Å². The molecule has 0 aliphatic carbocycles. The second kappa shape index (κ2) is 6.86. The molecule has 0 aromatic heterocycles. The Morgan fingerprint density at radius 2 is 2.00 bits per heavy atom. The molecule has 0 aliphatic rings. The van der Waals surface area contributed by atoms with Gasteiger partial charge in [0.15, 0.2) is 0 Å². The molecule has 0 heterocycles. The van der Waals surface area contributed by atoms with E-state index in [1.165, 1.54) is 4.90 Å². The van der Waals surface area contributed by atoms with Gasteiger partial charge in [0.25, 0.3) is 5.91 Å². The van der Waals surface area contributed by atoms with Crippen LogP contribution in [0.3, 0.4) is 0 Å². The molecule has 78 valence electrons. The minimum atomic E-state index is -0.379. The van der Waals surface area contributed by atoms with Crippen LogP contribution >= 0.6 is 0 Å². The molecule has 0 spiro atoms. The number of likely N-dealkylation sites (N-methyl/N-ethyl adjacent to an activating group) is 1. The summed E-state index contributed by atoms with van der Waals surface area (Å²) in [7, 11) is 3.43. The fourth-order valence-electron chi connectivity index (χ4n) is 0.863. The van der Waals surface area contributed by atoms with Crippen molar-refractivity contribution in [2.75, 3.05) is 33.9 Å². The van der Waals surface area contributed by atoms with Gasteiger partial charge in [-0.2, -0.15) is 0 Å². The van der Waals surface area contributed by atoms with Gasteiger partial charge < -0.3 is 14.4 Å². The molecular formula is C9H19NO3. The van der Waals surface area contributed by atoms with E-state index in [0.29, 0.717) is 19.8 Å². The molecule has 0 rings (SSSR count). The lowest BCUT2D eigenvalue weighted by molar-refractivity contribution is -0.140. The van der Waals surface area contributed by atoms with Gasteiger partial charge in [0.05, 0.1) is 13.2 Å². The van der Waals surface area contributed by atoms with E-state index < -0.39 is 0 Å². The molecular weight excluding hydrogens is 170 g/mol. The number of carbonyl (C=O) groups excluding carboxylic acids is 1. The van der Waals surface area contributed by atoms with Crippen LogP contribution in [0.25, 0.3) is 0 Å². The average molecular weight is 189 g/mol. The molecule has 4 nitrogen and oxygen atoms in total. The summed E-state index contributed by atoms with van der Waals surface area (Å²) in [6, 6.07) is 0. The Morgan fingerprint density at radius 1 is 1.38 bits per heavy atom. The zero-order valence-corrected chi connectivity index (χ0v) is 8.87. The van der Waals surface area contributed by atoms with Crippen LogP contribution in [-0.4, -0.2) is 50.8 Å². The molecule has 13 heavy (non-hydrogen) atoms. The normalized spacial score (nSPS) is 12.6. The molecule has 0 unspecified atom stereocenters. The molecule has 0 saturated carbocycles. The second-order valence-corrected chi connectivity index (χ2v) is 2.94. The molecule has 4 heteroatoms. The van der Waals surface area contributed by atoms with Gasteiger partial charge in [-0.1, -0.05) is 0 Å². The predicted molar refractivity (Wildman–Crippen MR) is 50.6 cm³/mol. The van der Waals surface area contributed by atoms with Gasteiger partial charge in [-0.3, -0.25) is 4.79 Å².